The van der Waals surface area contributed by atoms with Crippen LogP contribution in [0.5, 0.6) is 5.75 Å². The number of amides is 1. The smallest absolute Gasteiger partial charge is 0.226 e. The van der Waals surface area contributed by atoms with Gasteiger partial charge in [-0.25, -0.2) is 0 Å². The molecule has 1 amide bonds. The van der Waals surface area contributed by atoms with E-state index in [0.29, 0.717) is 23.1 Å². The van der Waals surface area contributed by atoms with Crippen LogP contribution in [0.4, 0.5) is 5.69 Å². The molecule has 0 radical (unpaired) electrons. The Kier molecular flexibility index (Phi) is 7.16. The maximum absolute atomic E-state index is 13.0. The number of hydrogen-bond donors (Lipinski definition) is 2. The van der Waals surface area contributed by atoms with E-state index in [1.807, 2.05) is 54.6 Å². The molecule has 2 N–H and O–H groups in total. The van der Waals surface area contributed by atoms with Gasteiger partial charge in [-0.3, -0.25) is 9.78 Å². The second-order valence-electron chi connectivity index (χ2n) is 9.65. The van der Waals surface area contributed by atoms with Crippen molar-refractivity contribution in [1.82, 2.24) is 19.8 Å². The number of benzene rings is 3. The van der Waals surface area contributed by atoms with Gasteiger partial charge in [0.1, 0.15) is 5.75 Å². The lowest BCUT2D eigenvalue weighted by molar-refractivity contribution is -0.116. The monoisotopic (exact) mass is 547 g/mol. The van der Waals surface area contributed by atoms with Crippen LogP contribution >= 0.6 is 12.2 Å². The Morgan fingerprint density at radius 2 is 1.77 bits per heavy atom. The summed E-state index contributed by atoms with van der Waals surface area (Å²) in [4.78, 5) is 19.8. The fourth-order valence-corrected chi connectivity index (χ4v) is 5.68. The number of aromatic nitrogens is 2. The molecule has 200 valence electrons. The third-order valence-electron chi connectivity index (χ3n) is 7.25. The van der Waals surface area contributed by atoms with Gasteiger partial charge in [-0.05, 0) is 71.5 Å². The van der Waals surface area contributed by atoms with E-state index in [4.69, 9.17) is 17.0 Å². The third kappa shape index (κ3) is 5.01. The molecule has 0 bridgehead atoms. The number of fused-ring (bicyclic) bond motifs is 1. The van der Waals surface area contributed by atoms with E-state index in [9.17, 15) is 4.79 Å². The molecule has 6 rings (SSSR count). The summed E-state index contributed by atoms with van der Waals surface area (Å²) in [6, 6.07) is 31.9. The molecule has 1 aliphatic heterocycles. The van der Waals surface area contributed by atoms with Crippen LogP contribution < -0.4 is 15.4 Å². The van der Waals surface area contributed by atoms with Crippen LogP contribution in [-0.4, -0.2) is 39.1 Å². The van der Waals surface area contributed by atoms with E-state index >= 15 is 0 Å². The first-order valence-electron chi connectivity index (χ1n) is 13.2. The number of nitrogens with zero attached hydrogens (tertiary/aromatic N) is 3. The van der Waals surface area contributed by atoms with Gasteiger partial charge in [0.05, 0.1) is 30.6 Å². The lowest BCUT2D eigenvalue weighted by Gasteiger charge is -2.29. The van der Waals surface area contributed by atoms with Gasteiger partial charge in [0.15, 0.2) is 5.11 Å². The molecule has 0 saturated carbocycles. The maximum atomic E-state index is 13.0. The number of methoxy groups -OCH3 is 1. The average Bonchev–Trinajstić information content (AvgIpc) is 3.60. The first-order valence-corrected chi connectivity index (χ1v) is 13.6. The molecule has 3 heterocycles. The minimum atomic E-state index is -0.180. The minimum absolute atomic E-state index is 0.114. The highest BCUT2D eigenvalue weighted by atomic mass is 32.1. The zero-order valence-electron chi connectivity index (χ0n) is 22.0. The quantitative estimate of drug-likeness (QED) is 0.231. The number of para-hydroxylation sites is 2. The summed E-state index contributed by atoms with van der Waals surface area (Å²) in [5.74, 6) is 0.507. The molecule has 0 aliphatic carbocycles. The highest BCUT2D eigenvalue weighted by Crippen LogP contribution is 2.40. The van der Waals surface area contributed by atoms with Gasteiger partial charge in [-0.2, -0.15) is 0 Å². The van der Waals surface area contributed by atoms with Crippen molar-refractivity contribution in [2.75, 3.05) is 19.0 Å². The normalized spacial score (nSPS) is 16.6. The van der Waals surface area contributed by atoms with Gasteiger partial charge in [0, 0.05) is 36.7 Å². The zero-order valence-corrected chi connectivity index (χ0v) is 22.8. The van der Waals surface area contributed by atoms with E-state index in [0.717, 1.165) is 17.1 Å². The predicted molar refractivity (Wildman–Crippen MR) is 162 cm³/mol. The Morgan fingerprint density at radius 3 is 2.60 bits per heavy atom. The molecule has 2 atom stereocenters. The fraction of sp³-hybridized carbons (Fsp3) is 0.156. The molecule has 0 unspecified atom stereocenters. The summed E-state index contributed by atoms with van der Waals surface area (Å²) in [5.41, 5.74) is 3.65. The van der Waals surface area contributed by atoms with Crippen LogP contribution in [0.3, 0.4) is 0 Å². The lowest BCUT2D eigenvalue weighted by atomic mass is 10.0. The van der Waals surface area contributed by atoms with Crippen LogP contribution in [0, 0.1) is 0 Å². The molecule has 3 aromatic carbocycles. The van der Waals surface area contributed by atoms with Gasteiger partial charge < -0.3 is 24.8 Å². The Bertz CT molecular complexity index is 1670. The highest BCUT2D eigenvalue weighted by Gasteiger charge is 2.41. The number of carbonyl (C=O) groups is 1. The van der Waals surface area contributed by atoms with E-state index in [1.165, 1.54) is 10.8 Å². The summed E-state index contributed by atoms with van der Waals surface area (Å²) in [6.45, 7) is 0.434. The molecular formula is C32H29N5O2S. The van der Waals surface area contributed by atoms with Gasteiger partial charge in [0.2, 0.25) is 5.91 Å². The van der Waals surface area contributed by atoms with Gasteiger partial charge in [-0.15, -0.1) is 0 Å². The number of ether oxygens (including phenoxy) is 1. The molecule has 40 heavy (non-hydrogen) atoms. The van der Waals surface area contributed by atoms with Crippen molar-refractivity contribution >= 4 is 39.7 Å². The molecule has 0 spiro atoms. The van der Waals surface area contributed by atoms with Crippen molar-refractivity contribution in [2.24, 2.45) is 0 Å². The summed E-state index contributed by atoms with van der Waals surface area (Å²) in [7, 11) is 1.59. The van der Waals surface area contributed by atoms with E-state index in [-0.39, 0.29) is 24.4 Å². The lowest BCUT2D eigenvalue weighted by Crippen LogP contribution is -2.33. The van der Waals surface area contributed by atoms with Crippen LogP contribution in [0.25, 0.3) is 16.5 Å². The molecule has 2 aromatic heterocycles. The van der Waals surface area contributed by atoms with Gasteiger partial charge >= 0.3 is 0 Å². The number of anilines is 1. The topological polar surface area (TPSA) is 71.4 Å². The van der Waals surface area contributed by atoms with Crippen molar-refractivity contribution < 1.29 is 9.53 Å². The van der Waals surface area contributed by atoms with E-state index in [1.54, 1.807) is 13.3 Å². The van der Waals surface area contributed by atoms with E-state index in [2.05, 4.69) is 73.7 Å². The Labute approximate surface area is 238 Å². The van der Waals surface area contributed by atoms with Crippen LogP contribution in [0.1, 0.15) is 29.9 Å². The number of thiocarbonyl (C=S) groups is 1. The Hall–Kier alpha value is -4.69. The zero-order chi connectivity index (χ0) is 27.5. The van der Waals surface area contributed by atoms with Gasteiger partial charge in [-0.1, -0.05) is 48.5 Å². The van der Waals surface area contributed by atoms with Crippen LogP contribution in [0.2, 0.25) is 0 Å². The Morgan fingerprint density at radius 1 is 0.975 bits per heavy atom. The number of pyridine rings is 1. The number of hydrogen-bond acceptors (Lipinski definition) is 4. The molecule has 7 nitrogen and oxygen atoms in total. The van der Waals surface area contributed by atoms with Crippen molar-refractivity contribution in [3.8, 4) is 11.4 Å². The summed E-state index contributed by atoms with van der Waals surface area (Å²) in [6.07, 6.45) is 4.12. The highest BCUT2D eigenvalue weighted by molar-refractivity contribution is 7.80. The molecule has 1 aliphatic rings. The number of nitrogens with one attached hydrogen (secondary N) is 2. The molecule has 8 heteroatoms. The van der Waals surface area contributed by atoms with Crippen molar-refractivity contribution in [1.29, 1.82) is 0 Å². The number of carbonyl (C=O) groups excluding carboxylic acids is 1. The van der Waals surface area contributed by atoms with Crippen LogP contribution in [0.15, 0.2) is 109 Å². The summed E-state index contributed by atoms with van der Waals surface area (Å²) >= 11 is 5.84. The van der Waals surface area contributed by atoms with Crippen molar-refractivity contribution in [3.63, 3.8) is 0 Å². The molecule has 5 aromatic rings. The summed E-state index contributed by atoms with van der Waals surface area (Å²) < 4.78 is 7.59. The third-order valence-corrected chi connectivity index (χ3v) is 7.61. The second-order valence-corrected chi connectivity index (χ2v) is 10.0. The average molecular weight is 548 g/mol. The Balaban J connectivity index is 1.32. The predicted octanol–water partition coefficient (Wildman–Crippen LogP) is 6.04. The summed E-state index contributed by atoms with van der Waals surface area (Å²) in [5, 5.41) is 9.42. The molecule has 1 saturated heterocycles. The molecule has 1 fully saturated rings. The van der Waals surface area contributed by atoms with Crippen molar-refractivity contribution in [3.05, 3.63) is 121 Å². The van der Waals surface area contributed by atoms with Crippen LogP contribution in [-0.2, 0) is 4.79 Å². The van der Waals surface area contributed by atoms with Gasteiger partial charge in [0.25, 0.3) is 0 Å². The standard InChI is InChI=1S/C32H29N5O2S/c1-39-28-14-5-4-11-25(28)34-29(38)17-20-37-31(30(35-32(37)40)26-12-6-7-18-33-26)27-13-8-19-36(27)24-16-15-22-9-2-3-10-23(22)21-24/h2-16,18-19,21,30-31H,17,20H2,1H3,(H,34,38)(H,35,40)/t30-,31-/m1/s1. The largest absolute Gasteiger partial charge is 0.495 e. The van der Waals surface area contributed by atoms with Crippen molar-refractivity contribution in [2.45, 2.75) is 18.5 Å². The minimum Gasteiger partial charge on any atom is -0.495 e. The first kappa shape index (κ1) is 25.6. The second kappa shape index (κ2) is 11.2. The van der Waals surface area contributed by atoms with E-state index < -0.39 is 0 Å². The molecular weight excluding hydrogens is 518 g/mol. The fourth-order valence-electron chi connectivity index (χ4n) is 5.35. The SMILES string of the molecule is COc1ccccc1NC(=O)CCN1C(=S)N[C@H](c2ccccn2)[C@H]1c1cccn1-c1ccc2ccccc2c1. The first-order chi connectivity index (χ1) is 19.6. The maximum Gasteiger partial charge on any atom is 0.226 e. The number of rotatable bonds is 8.